The molecule has 1 heterocycles. The summed E-state index contributed by atoms with van der Waals surface area (Å²) in [6.07, 6.45) is 2.70. The maximum atomic E-state index is 13.0. The molecule has 138 valence electrons. The van der Waals surface area contributed by atoms with Crippen molar-refractivity contribution < 1.29 is 9.18 Å². The lowest BCUT2D eigenvalue weighted by Gasteiger charge is -2.32. The second kappa shape index (κ2) is 8.52. The molecular formula is C20H23ClFN3O. The summed E-state index contributed by atoms with van der Waals surface area (Å²) in [5.74, 6) is 0.238. The van der Waals surface area contributed by atoms with Crippen molar-refractivity contribution in [1.82, 2.24) is 10.6 Å². The summed E-state index contributed by atoms with van der Waals surface area (Å²) in [5, 5.41) is 7.03. The van der Waals surface area contributed by atoms with Crippen LogP contribution < -0.4 is 15.5 Å². The van der Waals surface area contributed by atoms with Crippen LogP contribution in [-0.2, 0) is 6.42 Å². The van der Waals surface area contributed by atoms with Crippen LogP contribution in [0.15, 0.2) is 48.5 Å². The number of hydrogen-bond donors (Lipinski definition) is 2. The van der Waals surface area contributed by atoms with Crippen LogP contribution in [0.1, 0.15) is 18.4 Å². The molecule has 2 amide bonds. The zero-order chi connectivity index (χ0) is 18.5. The lowest BCUT2D eigenvalue weighted by Crippen LogP contribution is -2.53. The first-order chi connectivity index (χ1) is 12.5. The van der Waals surface area contributed by atoms with E-state index in [0.717, 1.165) is 37.1 Å². The Hall–Kier alpha value is -2.11. The van der Waals surface area contributed by atoms with Crippen LogP contribution in [-0.4, -0.2) is 25.8 Å². The average molecular weight is 376 g/mol. The Kier molecular flexibility index (Phi) is 6.12. The summed E-state index contributed by atoms with van der Waals surface area (Å²) in [6, 6.07) is 13.6. The summed E-state index contributed by atoms with van der Waals surface area (Å²) >= 11 is 5.89. The fraction of sp³-hybridized carbons (Fsp3) is 0.350. The minimum absolute atomic E-state index is 0.0727. The van der Waals surface area contributed by atoms with E-state index in [1.165, 1.54) is 12.1 Å². The summed E-state index contributed by atoms with van der Waals surface area (Å²) in [4.78, 5) is 14.1. The van der Waals surface area contributed by atoms with Gasteiger partial charge in [-0.2, -0.15) is 0 Å². The molecule has 0 aliphatic carbocycles. The molecule has 26 heavy (non-hydrogen) atoms. The largest absolute Gasteiger partial charge is 0.322 e. The maximum Gasteiger partial charge on any atom is 0.322 e. The van der Waals surface area contributed by atoms with E-state index in [9.17, 15) is 9.18 Å². The van der Waals surface area contributed by atoms with Gasteiger partial charge in [0.1, 0.15) is 5.82 Å². The van der Waals surface area contributed by atoms with Crippen molar-refractivity contribution in [3.05, 3.63) is 64.9 Å². The molecule has 2 N–H and O–H groups in total. The van der Waals surface area contributed by atoms with Gasteiger partial charge in [-0.05, 0) is 73.7 Å². The van der Waals surface area contributed by atoms with Crippen LogP contribution in [0.25, 0.3) is 0 Å². The predicted octanol–water partition coefficient (Wildman–Crippen LogP) is 4.19. The third kappa shape index (κ3) is 4.96. The van der Waals surface area contributed by atoms with Crippen LogP contribution in [0.2, 0.25) is 5.02 Å². The summed E-state index contributed by atoms with van der Waals surface area (Å²) in [7, 11) is 1.73. The van der Waals surface area contributed by atoms with Crippen LogP contribution in [0.3, 0.4) is 0 Å². The van der Waals surface area contributed by atoms with Crippen molar-refractivity contribution in [2.75, 3.05) is 18.5 Å². The highest BCUT2D eigenvalue weighted by molar-refractivity contribution is 6.30. The molecule has 1 fully saturated rings. The smallest absolute Gasteiger partial charge is 0.322 e. The Morgan fingerprint density at radius 2 is 1.92 bits per heavy atom. The normalized spacial score (nSPS) is 19.8. The maximum absolute atomic E-state index is 13.0. The zero-order valence-corrected chi connectivity index (χ0v) is 15.5. The van der Waals surface area contributed by atoms with Gasteiger partial charge in [0, 0.05) is 17.8 Å². The molecule has 3 rings (SSSR count). The first-order valence-electron chi connectivity index (χ1n) is 8.79. The monoisotopic (exact) mass is 375 g/mol. The molecule has 0 unspecified atom stereocenters. The van der Waals surface area contributed by atoms with E-state index in [0.29, 0.717) is 10.9 Å². The highest BCUT2D eigenvalue weighted by Crippen LogP contribution is 2.21. The van der Waals surface area contributed by atoms with Crippen molar-refractivity contribution >= 4 is 23.3 Å². The third-order valence-corrected chi connectivity index (χ3v) is 5.02. The third-order valence-electron chi connectivity index (χ3n) is 4.77. The minimum atomic E-state index is -0.213. The van der Waals surface area contributed by atoms with E-state index in [1.807, 2.05) is 24.3 Å². The van der Waals surface area contributed by atoms with Gasteiger partial charge in [-0.3, -0.25) is 10.2 Å². The molecule has 2 atom stereocenters. The van der Waals surface area contributed by atoms with E-state index in [4.69, 9.17) is 11.6 Å². The molecule has 0 spiro atoms. The fourth-order valence-corrected chi connectivity index (χ4v) is 3.40. The summed E-state index contributed by atoms with van der Waals surface area (Å²) in [5.41, 5.74) is 1.91. The molecule has 2 aromatic rings. The van der Waals surface area contributed by atoms with Crippen LogP contribution in [0.5, 0.6) is 0 Å². The number of piperidine rings is 1. The summed E-state index contributed by atoms with van der Waals surface area (Å²) in [6.45, 7) is 0.849. The van der Waals surface area contributed by atoms with Gasteiger partial charge in [0.25, 0.3) is 0 Å². The van der Waals surface area contributed by atoms with Crippen LogP contribution in [0, 0.1) is 11.7 Å². The van der Waals surface area contributed by atoms with Crippen molar-refractivity contribution in [2.24, 2.45) is 5.92 Å². The molecule has 6 heteroatoms. The van der Waals surface area contributed by atoms with E-state index in [2.05, 4.69) is 10.6 Å². The van der Waals surface area contributed by atoms with Gasteiger partial charge in [-0.25, -0.2) is 9.18 Å². The molecule has 0 bridgehead atoms. The number of rotatable bonds is 4. The number of anilines is 1. The Balaban J connectivity index is 1.54. The van der Waals surface area contributed by atoms with Crippen molar-refractivity contribution in [1.29, 1.82) is 0 Å². The van der Waals surface area contributed by atoms with Crippen LogP contribution >= 0.6 is 11.6 Å². The number of urea groups is 1. The number of carbonyl (C=O) groups is 1. The number of hydrogen-bond acceptors (Lipinski definition) is 2. The van der Waals surface area contributed by atoms with Crippen molar-refractivity contribution in [3.63, 3.8) is 0 Å². The molecule has 1 aliphatic heterocycles. The van der Waals surface area contributed by atoms with E-state index in [-0.39, 0.29) is 18.0 Å². The van der Waals surface area contributed by atoms with Gasteiger partial charge in [-0.15, -0.1) is 0 Å². The van der Waals surface area contributed by atoms with E-state index < -0.39 is 0 Å². The molecular weight excluding hydrogens is 353 g/mol. The predicted molar refractivity (Wildman–Crippen MR) is 103 cm³/mol. The number of halogens is 2. The van der Waals surface area contributed by atoms with Crippen molar-refractivity contribution in [3.8, 4) is 0 Å². The molecule has 0 aromatic heterocycles. The molecule has 1 saturated heterocycles. The van der Waals surface area contributed by atoms with Gasteiger partial charge >= 0.3 is 6.03 Å². The molecule has 1 aliphatic rings. The summed E-state index contributed by atoms with van der Waals surface area (Å²) < 4.78 is 13.0. The average Bonchev–Trinajstić information content (AvgIpc) is 2.64. The second-order valence-electron chi connectivity index (χ2n) is 6.71. The zero-order valence-electron chi connectivity index (χ0n) is 14.7. The van der Waals surface area contributed by atoms with E-state index in [1.54, 1.807) is 24.1 Å². The number of benzene rings is 2. The van der Waals surface area contributed by atoms with Crippen LogP contribution in [0.4, 0.5) is 14.9 Å². The molecule has 4 nitrogen and oxygen atoms in total. The first-order valence-corrected chi connectivity index (χ1v) is 9.16. The SMILES string of the molecule is CN(C(=O)N[C@@H]1C[C@H](Cc2ccc(F)cc2)CCN1)c1ccc(Cl)cc1. The number of carbonyl (C=O) groups excluding carboxylic acids is 1. The molecule has 0 saturated carbocycles. The van der Waals surface area contributed by atoms with Gasteiger partial charge < -0.3 is 5.32 Å². The lowest BCUT2D eigenvalue weighted by atomic mass is 9.89. The lowest BCUT2D eigenvalue weighted by molar-refractivity contribution is 0.226. The minimum Gasteiger partial charge on any atom is -0.322 e. The van der Waals surface area contributed by atoms with Gasteiger partial charge in [0.2, 0.25) is 0 Å². The first kappa shape index (κ1) is 18.7. The number of nitrogens with one attached hydrogen (secondary N) is 2. The standard InChI is InChI=1S/C20H23ClFN3O/c1-25(18-8-4-16(21)5-9-18)20(26)24-19-13-15(10-11-23-19)12-14-2-6-17(22)7-3-14/h2-9,15,19,23H,10-13H2,1H3,(H,24,26)/t15-,19+/m0/s1. The Morgan fingerprint density at radius 3 is 2.62 bits per heavy atom. The van der Waals surface area contributed by atoms with Gasteiger partial charge in [-0.1, -0.05) is 23.7 Å². The fourth-order valence-electron chi connectivity index (χ4n) is 3.27. The Morgan fingerprint density at radius 1 is 1.23 bits per heavy atom. The quantitative estimate of drug-likeness (QED) is 0.841. The topological polar surface area (TPSA) is 44.4 Å². The van der Waals surface area contributed by atoms with E-state index >= 15 is 0 Å². The molecule has 0 radical (unpaired) electrons. The number of amides is 2. The second-order valence-corrected chi connectivity index (χ2v) is 7.15. The Labute approximate surface area is 158 Å². The highest BCUT2D eigenvalue weighted by Gasteiger charge is 2.24. The van der Waals surface area contributed by atoms with Gasteiger partial charge in [0.05, 0.1) is 6.17 Å². The van der Waals surface area contributed by atoms with Gasteiger partial charge in [0.15, 0.2) is 0 Å². The highest BCUT2D eigenvalue weighted by atomic mass is 35.5. The van der Waals surface area contributed by atoms with Crippen molar-refractivity contribution in [2.45, 2.75) is 25.4 Å². The Bertz CT molecular complexity index is 736. The molecule has 2 aromatic carbocycles. The number of nitrogens with zero attached hydrogens (tertiary/aromatic N) is 1.